The summed E-state index contributed by atoms with van der Waals surface area (Å²) in [7, 11) is 0. The first-order valence-corrected chi connectivity index (χ1v) is 6.72. The van der Waals surface area contributed by atoms with E-state index in [4.69, 9.17) is 5.73 Å². The smallest absolute Gasteiger partial charge is 0.197 e. The standard InChI is InChI=1S/C15H10BrFN2O/c16-11-2-1-3-13-14(11)10(7-19-13)15(20)9-6-8(17)4-5-12(9)18/h1-7,19H,18H2. The van der Waals surface area contributed by atoms with Crippen molar-refractivity contribution in [3.8, 4) is 0 Å². The van der Waals surface area contributed by atoms with Gasteiger partial charge in [-0.1, -0.05) is 22.0 Å². The predicted molar refractivity (Wildman–Crippen MR) is 80.2 cm³/mol. The molecule has 0 spiro atoms. The summed E-state index contributed by atoms with van der Waals surface area (Å²) in [6.45, 7) is 0. The predicted octanol–water partition coefficient (Wildman–Crippen LogP) is 3.88. The van der Waals surface area contributed by atoms with Gasteiger partial charge in [0.2, 0.25) is 0 Å². The van der Waals surface area contributed by atoms with E-state index in [0.29, 0.717) is 5.56 Å². The van der Waals surface area contributed by atoms with Crippen molar-refractivity contribution < 1.29 is 9.18 Å². The van der Waals surface area contributed by atoms with Crippen LogP contribution in [0.2, 0.25) is 0 Å². The van der Waals surface area contributed by atoms with Crippen molar-refractivity contribution in [1.29, 1.82) is 0 Å². The maximum Gasteiger partial charge on any atom is 0.197 e. The molecular formula is C15H10BrFN2O. The maximum absolute atomic E-state index is 13.3. The number of ketones is 1. The van der Waals surface area contributed by atoms with Crippen LogP contribution in [0.15, 0.2) is 47.1 Å². The first-order valence-electron chi connectivity index (χ1n) is 5.93. The van der Waals surface area contributed by atoms with Gasteiger partial charge in [0.1, 0.15) is 5.82 Å². The molecule has 1 heterocycles. The molecule has 0 saturated heterocycles. The number of nitrogen functional groups attached to an aromatic ring is 1. The molecule has 0 aliphatic heterocycles. The first-order chi connectivity index (χ1) is 9.58. The van der Waals surface area contributed by atoms with Crippen molar-refractivity contribution in [2.45, 2.75) is 0 Å². The fraction of sp³-hybridized carbons (Fsp3) is 0. The van der Waals surface area contributed by atoms with Crippen LogP contribution in [0, 0.1) is 5.82 Å². The summed E-state index contributed by atoms with van der Waals surface area (Å²) in [4.78, 5) is 15.6. The van der Waals surface area contributed by atoms with Crippen LogP contribution in [0.5, 0.6) is 0 Å². The zero-order valence-corrected chi connectivity index (χ0v) is 11.9. The van der Waals surface area contributed by atoms with Gasteiger partial charge >= 0.3 is 0 Å². The van der Waals surface area contributed by atoms with E-state index in [-0.39, 0.29) is 17.0 Å². The Morgan fingerprint density at radius 2 is 2.00 bits per heavy atom. The van der Waals surface area contributed by atoms with Gasteiger partial charge < -0.3 is 10.7 Å². The number of halogens is 2. The molecule has 0 bridgehead atoms. The van der Waals surface area contributed by atoms with Gasteiger partial charge in [-0.25, -0.2) is 4.39 Å². The highest BCUT2D eigenvalue weighted by Crippen LogP contribution is 2.29. The number of H-pyrrole nitrogens is 1. The van der Waals surface area contributed by atoms with Crippen LogP contribution in [0.1, 0.15) is 15.9 Å². The summed E-state index contributed by atoms with van der Waals surface area (Å²) in [5.74, 6) is -0.790. The van der Waals surface area contributed by atoms with E-state index in [1.54, 1.807) is 6.20 Å². The van der Waals surface area contributed by atoms with E-state index >= 15 is 0 Å². The molecule has 0 unspecified atom stereocenters. The second kappa shape index (κ2) is 4.76. The number of aromatic nitrogens is 1. The molecule has 0 aliphatic carbocycles. The molecule has 0 aliphatic rings. The van der Waals surface area contributed by atoms with E-state index in [1.165, 1.54) is 12.1 Å². The number of rotatable bonds is 2. The lowest BCUT2D eigenvalue weighted by Crippen LogP contribution is -2.05. The van der Waals surface area contributed by atoms with Crippen LogP contribution < -0.4 is 5.73 Å². The van der Waals surface area contributed by atoms with E-state index in [0.717, 1.165) is 21.4 Å². The quantitative estimate of drug-likeness (QED) is 0.552. The SMILES string of the molecule is Nc1ccc(F)cc1C(=O)c1c[nH]c2cccc(Br)c12. The summed E-state index contributed by atoms with van der Waals surface area (Å²) in [6.07, 6.45) is 1.61. The van der Waals surface area contributed by atoms with Crippen molar-refractivity contribution in [2.75, 3.05) is 5.73 Å². The van der Waals surface area contributed by atoms with Gasteiger partial charge in [-0.05, 0) is 30.3 Å². The Bertz CT molecular complexity index is 826. The van der Waals surface area contributed by atoms with Crippen molar-refractivity contribution in [3.63, 3.8) is 0 Å². The molecule has 20 heavy (non-hydrogen) atoms. The highest BCUT2D eigenvalue weighted by molar-refractivity contribution is 9.10. The minimum Gasteiger partial charge on any atom is -0.398 e. The number of anilines is 1. The lowest BCUT2D eigenvalue weighted by molar-refractivity contribution is 0.104. The van der Waals surface area contributed by atoms with Crippen LogP contribution in [-0.4, -0.2) is 10.8 Å². The Hall–Kier alpha value is -2.14. The number of carbonyl (C=O) groups is 1. The number of carbonyl (C=O) groups excluding carboxylic acids is 1. The topological polar surface area (TPSA) is 58.9 Å². The van der Waals surface area contributed by atoms with Crippen molar-refractivity contribution >= 4 is 38.3 Å². The Balaban J connectivity index is 2.21. The largest absolute Gasteiger partial charge is 0.398 e. The number of nitrogens with two attached hydrogens (primary N) is 1. The molecular weight excluding hydrogens is 323 g/mol. The molecule has 0 fully saturated rings. The number of fused-ring (bicyclic) bond motifs is 1. The monoisotopic (exact) mass is 332 g/mol. The summed E-state index contributed by atoms with van der Waals surface area (Å²) in [5, 5.41) is 0.765. The molecule has 2 aromatic carbocycles. The first kappa shape index (κ1) is 12.9. The van der Waals surface area contributed by atoms with Crippen LogP contribution in [-0.2, 0) is 0 Å². The molecule has 0 atom stereocenters. The zero-order chi connectivity index (χ0) is 14.3. The second-order valence-corrected chi connectivity index (χ2v) is 5.28. The van der Waals surface area contributed by atoms with Crippen LogP contribution in [0.25, 0.3) is 10.9 Å². The Morgan fingerprint density at radius 1 is 1.20 bits per heavy atom. The number of hydrogen-bond donors (Lipinski definition) is 2. The van der Waals surface area contributed by atoms with E-state index < -0.39 is 5.82 Å². The zero-order valence-electron chi connectivity index (χ0n) is 10.3. The van der Waals surface area contributed by atoms with Gasteiger partial charge in [0.05, 0.1) is 0 Å². The summed E-state index contributed by atoms with van der Waals surface area (Å²) >= 11 is 3.42. The maximum atomic E-state index is 13.3. The van der Waals surface area contributed by atoms with E-state index in [2.05, 4.69) is 20.9 Å². The third kappa shape index (κ3) is 2.00. The van der Waals surface area contributed by atoms with Gasteiger partial charge in [0, 0.05) is 38.4 Å². The molecule has 100 valence electrons. The average molecular weight is 333 g/mol. The minimum absolute atomic E-state index is 0.168. The fourth-order valence-electron chi connectivity index (χ4n) is 2.19. The van der Waals surface area contributed by atoms with Crippen molar-refractivity contribution in [2.24, 2.45) is 0 Å². The molecule has 3 aromatic rings. The van der Waals surface area contributed by atoms with Crippen molar-refractivity contribution in [1.82, 2.24) is 4.98 Å². The second-order valence-electron chi connectivity index (χ2n) is 4.43. The van der Waals surface area contributed by atoms with Gasteiger partial charge in [-0.3, -0.25) is 4.79 Å². The number of hydrogen-bond acceptors (Lipinski definition) is 2. The molecule has 3 nitrogen and oxygen atoms in total. The van der Waals surface area contributed by atoms with Gasteiger partial charge in [0.25, 0.3) is 0 Å². The lowest BCUT2D eigenvalue weighted by Gasteiger charge is -2.05. The highest BCUT2D eigenvalue weighted by Gasteiger charge is 2.18. The van der Waals surface area contributed by atoms with Crippen LogP contribution in [0.3, 0.4) is 0 Å². The van der Waals surface area contributed by atoms with Gasteiger partial charge in [-0.2, -0.15) is 0 Å². The molecule has 1 aromatic heterocycles. The molecule has 3 N–H and O–H groups in total. The average Bonchev–Trinajstić information content (AvgIpc) is 2.86. The third-order valence-corrected chi connectivity index (χ3v) is 3.82. The van der Waals surface area contributed by atoms with E-state index in [9.17, 15) is 9.18 Å². The molecule has 5 heteroatoms. The van der Waals surface area contributed by atoms with E-state index in [1.807, 2.05) is 18.2 Å². The van der Waals surface area contributed by atoms with Crippen molar-refractivity contribution in [3.05, 3.63) is 64.0 Å². The Kier molecular flexibility index (Phi) is 3.06. The Morgan fingerprint density at radius 3 is 2.80 bits per heavy atom. The molecule has 3 rings (SSSR count). The third-order valence-electron chi connectivity index (χ3n) is 3.16. The summed E-state index contributed by atoms with van der Waals surface area (Å²) < 4.78 is 14.1. The minimum atomic E-state index is -0.485. The molecule has 0 radical (unpaired) electrons. The normalized spacial score (nSPS) is 10.9. The highest BCUT2D eigenvalue weighted by atomic mass is 79.9. The Labute approximate surface area is 122 Å². The lowest BCUT2D eigenvalue weighted by atomic mass is 10.0. The van der Waals surface area contributed by atoms with Crippen LogP contribution >= 0.6 is 15.9 Å². The van der Waals surface area contributed by atoms with Gasteiger partial charge in [0.15, 0.2) is 5.78 Å². The number of benzene rings is 2. The molecule has 0 saturated carbocycles. The molecule has 0 amide bonds. The summed E-state index contributed by atoms with van der Waals surface area (Å²) in [5.41, 5.74) is 7.49. The summed E-state index contributed by atoms with van der Waals surface area (Å²) in [6, 6.07) is 9.37. The fourth-order valence-corrected chi connectivity index (χ4v) is 2.77. The van der Waals surface area contributed by atoms with Crippen LogP contribution in [0.4, 0.5) is 10.1 Å². The number of nitrogens with one attached hydrogen (secondary N) is 1. The number of aromatic amines is 1. The van der Waals surface area contributed by atoms with Gasteiger partial charge in [-0.15, -0.1) is 0 Å².